The van der Waals surface area contributed by atoms with Gasteiger partial charge < -0.3 is 9.47 Å². The summed E-state index contributed by atoms with van der Waals surface area (Å²) in [7, 11) is 0. The van der Waals surface area contributed by atoms with Gasteiger partial charge in [0.2, 0.25) is 5.88 Å². The predicted octanol–water partition coefficient (Wildman–Crippen LogP) is 4.16. The van der Waals surface area contributed by atoms with Crippen LogP contribution in [0.3, 0.4) is 0 Å². The van der Waals surface area contributed by atoms with E-state index in [1.807, 2.05) is 32.9 Å². The Bertz CT molecular complexity index is 960. The third-order valence-electron chi connectivity index (χ3n) is 4.63. The van der Waals surface area contributed by atoms with Gasteiger partial charge in [0, 0.05) is 23.4 Å². The molecule has 1 aliphatic heterocycles. The van der Waals surface area contributed by atoms with Crippen molar-refractivity contribution < 1.29 is 14.3 Å². The normalized spacial score (nSPS) is 18.1. The summed E-state index contributed by atoms with van der Waals surface area (Å²) in [5, 5.41) is 9.66. The molecular formula is C22H23N3O3. The summed E-state index contributed by atoms with van der Waals surface area (Å²) in [6.07, 6.45) is 1.55. The second-order valence-electron chi connectivity index (χ2n) is 6.88. The van der Waals surface area contributed by atoms with Gasteiger partial charge in [0.1, 0.15) is 5.92 Å². The lowest BCUT2D eigenvalue weighted by Crippen LogP contribution is -2.34. The number of ether oxygens (including phenoxy) is 2. The maximum Gasteiger partial charge on any atom is 0.315 e. The monoisotopic (exact) mass is 377 g/mol. The van der Waals surface area contributed by atoms with Crippen molar-refractivity contribution in [1.82, 2.24) is 4.98 Å². The van der Waals surface area contributed by atoms with Gasteiger partial charge in [-0.3, -0.25) is 9.79 Å². The van der Waals surface area contributed by atoms with Crippen molar-refractivity contribution in [3.8, 4) is 11.9 Å². The largest absolute Gasteiger partial charge is 0.475 e. The third kappa shape index (κ3) is 3.61. The number of hydrogen-bond acceptors (Lipinski definition) is 6. The van der Waals surface area contributed by atoms with Crippen molar-refractivity contribution in [1.29, 1.82) is 5.26 Å². The first-order valence-corrected chi connectivity index (χ1v) is 9.34. The maximum absolute atomic E-state index is 12.9. The van der Waals surface area contributed by atoms with Crippen molar-refractivity contribution in [3.63, 3.8) is 0 Å². The number of aromatic nitrogens is 1. The molecule has 0 spiro atoms. The van der Waals surface area contributed by atoms with Crippen molar-refractivity contribution in [2.24, 2.45) is 10.9 Å². The minimum Gasteiger partial charge on any atom is -0.475 e. The molecule has 0 fully saturated rings. The molecule has 28 heavy (non-hydrogen) atoms. The summed E-state index contributed by atoms with van der Waals surface area (Å²) in [5.41, 5.74) is 3.29. The highest BCUT2D eigenvalue weighted by Gasteiger charge is 2.41. The number of nitrogens with zero attached hydrogens (tertiary/aromatic N) is 3. The Morgan fingerprint density at radius 2 is 2.04 bits per heavy atom. The smallest absolute Gasteiger partial charge is 0.315 e. The van der Waals surface area contributed by atoms with Crippen LogP contribution in [0.4, 0.5) is 5.69 Å². The number of aliphatic imine (C=N–C) groups is 1. The van der Waals surface area contributed by atoms with Gasteiger partial charge in [0.25, 0.3) is 0 Å². The molecule has 0 saturated heterocycles. The molecule has 1 aromatic heterocycles. The van der Waals surface area contributed by atoms with Crippen LogP contribution in [0.1, 0.15) is 50.3 Å². The number of carbonyl (C=O) groups is 1. The van der Waals surface area contributed by atoms with E-state index in [-0.39, 0.29) is 18.7 Å². The van der Waals surface area contributed by atoms with Crippen LogP contribution in [0, 0.1) is 17.2 Å². The number of rotatable bonds is 5. The highest BCUT2D eigenvalue weighted by molar-refractivity contribution is 6.05. The molecule has 0 N–H and O–H groups in total. The number of pyridine rings is 1. The molecule has 0 aliphatic carbocycles. The first-order chi connectivity index (χ1) is 13.5. The highest BCUT2D eigenvalue weighted by atomic mass is 16.5. The van der Waals surface area contributed by atoms with Gasteiger partial charge in [-0.05, 0) is 45.4 Å². The van der Waals surface area contributed by atoms with Crippen molar-refractivity contribution >= 4 is 17.4 Å². The van der Waals surface area contributed by atoms with Gasteiger partial charge >= 0.3 is 5.97 Å². The summed E-state index contributed by atoms with van der Waals surface area (Å²) in [4.78, 5) is 21.9. The number of hydrogen-bond donors (Lipinski definition) is 0. The van der Waals surface area contributed by atoms with Crippen LogP contribution < -0.4 is 4.74 Å². The van der Waals surface area contributed by atoms with E-state index in [2.05, 4.69) is 16.0 Å². The molecule has 1 aliphatic rings. The van der Waals surface area contributed by atoms with Crippen LogP contribution in [0.25, 0.3) is 0 Å². The fourth-order valence-electron chi connectivity index (χ4n) is 3.56. The third-order valence-corrected chi connectivity index (χ3v) is 4.63. The zero-order chi connectivity index (χ0) is 20.3. The van der Waals surface area contributed by atoms with Crippen LogP contribution in [0.2, 0.25) is 0 Å². The standard InChI is InChI=1S/C22H23N3O3/c1-5-27-22(26)18-14(4)25-17-10-11-24-21(28-13(2)3)20(17)19(18)16-9-7-6-8-15(16)12-23/h6-11,13,18-19H,5H2,1-4H3. The number of nitriles is 1. The quantitative estimate of drug-likeness (QED) is 0.731. The molecule has 0 bridgehead atoms. The summed E-state index contributed by atoms with van der Waals surface area (Å²) in [5.74, 6) is -1.06. The average molecular weight is 377 g/mol. The van der Waals surface area contributed by atoms with E-state index >= 15 is 0 Å². The molecule has 144 valence electrons. The first-order valence-electron chi connectivity index (χ1n) is 9.34. The molecule has 2 unspecified atom stereocenters. The molecule has 6 heteroatoms. The lowest BCUT2D eigenvalue weighted by Gasteiger charge is -2.32. The Morgan fingerprint density at radius 1 is 1.29 bits per heavy atom. The van der Waals surface area contributed by atoms with Crippen molar-refractivity contribution in [2.75, 3.05) is 6.61 Å². The minimum absolute atomic E-state index is 0.0982. The van der Waals surface area contributed by atoms with Crippen molar-refractivity contribution in [2.45, 2.75) is 39.7 Å². The SMILES string of the molecule is CCOC(=O)C1C(C)=Nc2ccnc(OC(C)C)c2C1c1ccccc1C#N. The highest BCUT2D eigenvalue weighted by Crippen LogP contribution is 2.47. The zero-order valence-electron chi connectivity index (χ0n) is 16.5. The number of carbonyl (C=O) groups excluding carboxylic acids is 1. The van der Waals surface area contributed by atoms with Crippen molar-refractivity contribution in [3.05, 3.63) is 53.2 Å². The van der Waals surface area contributed by atoms with Gasteiger partial charge in [-0.25, -0.2) is 4.98 Å². The first kappa shape index (κ1) is 19.6. The number of esters is 1. The van der Waals surface area contributed by atoms with E-state index in [1.54, 1.807) is 31.3 Å². The fourth-order valence-corrected chi connectivity index (χ4v) is 3.56. The Balaban J connectivity index is 2.29. The maximum atomic E-state index is 12.9. The lowest BCUT2D eigenvalue weighted by atomic mass is 9.75. The topological polar surface area (TPSA) is 84.6 Å². The second-order valence-corrected chi connectivity index (χ2v) is 6.88. The van der Waals surface area contributed by atoms with E-state index in [4.69, 9.17) is 9.47 Å². The Hall–Kier alpha value is -3.20. The minimum atomic E-state index is -0.652. The number of benzene rings is 1. The van der Waals surface area contributed by atoms with Gasteiger partial charge in [-0.2, -0.15) is 5.26 Å². The Labute approximate surface area is 164 Å². The molecular weight excluding hydrogens is 354 g/mol. The molecule has 1 aromatic carbocycles. The van der Waals surface area contributed by atoms with E-state index in [0.29, 0.717) is 28.4 Å². The van der Waals surface area contributed by atoms with Crippen LogP contribution >= 0.6 is 0 Å². The molecule has 0 radical (unpaired) electrons. The van der Waals surface area contributed by atoms with Gasteiger partial charge in [-0.15, -0.1) is 0 Å². The summed E-state index contributed by atoms with van der Waals surface area (Å²) < 4.78 is 11.3. The molecule has 2 heterocycles. The van der Waals surface area contributed by atoms with Gasteiger partial charge in [0.05, 0.1) is 30.0 Å². The van der Waals surface area contributed by atoms with Crippen LogP contribution in [-0.4, -0.2) is 29.4 Å². The van der Waals surface area contributed by atoms with Crippen LogP contribution in [0.15, 0.2) is 41.5 Å². The summed E-state index contributed by atoms with van der Waals surface area (Å²) in [6.45, 7) is 7.69. The molecule has 6 nitrogen and oxygen atoms in total. The van der Waals surface area contributed by atoms with E-state index in [0.717, 1.165) is 5.56 Å². The Morgan fingerprint density at radius 3 is 2.71 bits per heavy atom. The fraction of sp³-hybridized carbons (Fsp3) is 0.364. The van der Waals surface area contributed by atoms with E-state index in [9.17, 15) is 10.1 Å². The molecule has 0 saturated carbocycles. The summed E-state index contributed by atoms with van der Waals surface area (Å²) in [6, 6.07) is 11.3. The number of fused-ring (bicyclic) bond motifs is 1. The summed E-state index contributed by atoms with van der Waals surface area (Å²) >= 11 is 0. The van der Waals surface area contributed by atoms with E-state index in [1.165, 1.54) is 0 Å². The second kappa shape index (κ2) is 8.22. The van der Waals surface area contributed by atoms with E-state index < -0.39 is 11.8 Å². The lowest BCUT2D eigenvalue weighted by molar-refractivity contribution is -0.146. The van der Waals surface area contributed by atoms with Gasteiger partial charge in [0.15, 0.2) is 0 Å². The molecule has 0 amide bonds. The Kier molecular flexibility index (Phi) is 5.74. The molecule has 3 rings (SSSR count). The zero-order valence-corrected chi connectivity index (χ0v) is 16.5. The van der Waals surface area contributed by atoms with Crippen LogP contribution in [0.5, 0.6) is 5.88 Å². The van der Waals surface area contributed by atoms with Crippen LogP contribution in [-0.2, 0) is 9.53 Å². The molecule has 2 atom stereocenters. The molecule has 2 aromatic rings. The predicted molar refractivity (Wildman–Crippen MR) is 106 cm³/mol. The average Bonchev–Trinajstić information content (AvgIpc) is 2.66. The van der Waals surface area contributed by atoms with Gasteiger partial charge in [-0.1, -0.05) is 18.2 Å².